The number of fused-ring (bicyclic) bond motifs is 1. The van der Waals surface area contributed by atoms with E-state index in [1.54, 1.807) is 0 Å². The van der Waals surface area contributed by atoms with Crippen molar-refractivity contribution in [2.75, 3.05) is 13.2 Å². The highest BCUT2D eigenvalue weighted by atomic mass is 16.6. The Morgan fingerprint density at radius 2 is 2.08 bits per heavy atom. The fourth-order valence-electron chi connectivity index (χ4n) is 1.63. The van der Waals surface area contributed by atoms with Gasteiger partial charge in [-0.3, -0.25) is 4.79 Å². The van der Waals surface area contributed by atoms with Gasteiger partial charge >= 0.3 is 0 Å². The average molecular weight is 174 g/mol. The highest BCUT2D eigenvalue weighted by Gasteiger charge is 2.48. The van der Waals surface area contributed by atoms with Crippen LogP contribution in [0.2, 0.25) is 0 Å². The van der Waals surface area contributed by atoms with Crippen LogP contribution in [0, 0.1) is 0 Å². The summed E-state index contributed by atoms with van der Waals surface area (Å²) >= 11 is 0. The Balaban J connectivity index is 2.00. The molecule has 1 N–H and O–H groups in total. The lowest BCUT2D eigenvalue weighted by atomic mass is 10.1. The van der Waals surface area contributed by atoms with Crippen LogP contribution in [0.15, 0.2) is 0 Å². The molecule has 12 heavy (non-hydrogen) atoms. The van der Waals surface area contributed by atoms with E-state index in [4.69, 9.17) is 14.2 Å². The summed E-state index contributed by atoms with van der Waals surface area (Å²) in [5, 5.41) is 9.29. The van der Waals surface area contributed by atoms with Crippen molar-refractivity contribution < 1.29 is 24.1 Å². The minimum absolute atomic E-state index is 0.258. The summed E-state index contributed by atoms with van der Waals surface area (Å²) in [6.45, 7) is 0.948. The van der Waals surface area contributed by atoms with Crippen molar-refractivity contribution in [3.05, 3.63) is 0 Å². The lowest BCUT2D eigenvalue weighted by molar-refractivity contribution is -0.138. The molecule has 0 unspecified atom stereocenters. The van der Waals surface area contributed by atoms with Crippen LogP contribution in [-0.2, 0) is 19.0 Å². The number of hydrogen-bond acceptors (Lipinski definition) is 5. The molecule has 0 spiro atoms. The van der Waals surface area contributed by atoms with Crippen LogP contribution < -0.4 is 0 Å². The first-order chi connectivity index (χ1) is 5.83. The maximum absolute atomic E-state index is 10.0. The molecule has 5 heteroatoms. The zero-order chi connectivity index (χ0) is 8.55. The third kappa shape index (κ3) is 1.10. The molecule has 2 saturated heterocycles. The third-order valence-electron chi connectivity index (χ3n) is 2.21. The van der Waals surface area contributed by atoms with Gasteiger partial charge in [0.2, 0.25) is 0 Å². The molecule has 5 nitrogen and oxygen atoms in total. The molecule has 2 aliphatic rings. The second kappa shape index (κ2) is 3.01. The van der Waals surface area contributed by atoms with Crippen molar-refractivity contribution in [1.82, 2.24) is 0 Å². The van der Waals surface area contributed by atoms with E-state index < -0.39 is 6.10 Å². The fraction of sp³-hybridized carbons (Fsp3) is 0.857. The summed E-state index contributed by atoms with van der Waals surface area (Å²) in [6.07, 6.45) is -1.56. The molecule has 0 saturated carbocycles. The molecule has 2 aliphatic heterocycles. The predicted molar refractivity (Wildman–Crippen MR) is 36.4 cm³/mol. The summed E-state index contributed by atoms with van der Waals surface area (Å²) < 4.78 is 15.1. The number of rotatable bonds is 2. The van der Waals surface area contributed by atoms with Gasteiger partial charge in [-0.15, -0.1) is 0 Å². The number of ether oxygens (including phenoxy) is 3. The number of aliphatic hydroxyl groups is 1. The molecule has 0 radical (unpaired) electrons. The maximum Gasteiger partial charge on any atom is 0.293 e. The molecule has 0 amide bonds. The van der Waals surface area contributed by atoms with Crippen LogP contribution in [-0.4, -0.2) is 49.2 Å². The Morgan fingerprint density at radius 3 is 2.83 bits per heavy atom. The van der Waals surface area contributed by atoms with Crippen LogP contribution in [0.5, 0.6) is 0 Å². The van der Waals surface area contributed by atoms with E-state index in [0.29, 0.717) is 13.1 Å². The Bertz CT molecular complexity index is 183. The van der Waals surface area contributed by atoms with Gasteiger partial charge in [0, 0.05) is 0 Å². The molecular formula is C7H10O5. The number of carbonyl (C=O) groups excluding carboxylic acids is 1. The maximum atomic E-state index is 10.0. The summed E-state index contributed by atoms with van der Waals surface area (Å²) in [6, 6.07) is 0. The van der Waals surface area contributed by atoms with Gasteiger partial charge in [-0.1, -0.05) is 0 Å². The zero-order valence-electron chi connectivity index (χ0n) is 6.38. The number of aliphatic hydroxyl groups excluding tert-OH is 1. The van der Waals surface area contributed by atoms with Crippen LogP contribution in [0.25, 0.3) is 0 Å². The Hall–Kier alpha value is -0.650. The average Bonchev–Trinajstić information content (AvgIpc) is 2.58. The first-order valence-electron chi connectivity index (χ1n) is 3.83. The molecule has 2 fully saturated rings. The topological polar surface area (TPSA) is 65.0 Å². The quantitative estimate of drug-likeness (QED) is 0.526. The van der Waals surface area contributed by atoms with E-state index in [-0.39, 0.29) is 24.9 Å². The molecule has 0 bridgehead atoms. The molecule has 2 heterocycles. The minimum atomic E-state index is -0.588. The molecule has 0 aromatic rings. The van der Waals surface area contributed by atoms with Gasteiger partial charge in [-0.25, -0.2) is 0 Å². The van der Waals surface area contributed by atoms with Crippen molar-refractivity contribution in [2.45, 2.75) is 24.4 Å². The number of hydrogen-bond donors (Lipinski definition) is 1. The summed E-state index contributed by atoms with van der Waals surface area (Å²) in [4.78, 5) is 10.0. The lowest BCUT2D eigenvalue weighted by Gasteiger charge is -2.12. The molecule has 4 atom stereocenters. The molecular weight excluding hydrogens is 164 g/mol. The smallest absolute Gasteiger partial charge is 0.293 e. The van der Waals surface area contributed by atoms with Gasteiger partial charge in [-0.2, -0.15) is 0 Å². The lowest BCUT2D eigenvalue weighted by Crippen LogP contribution is -2.32. The first-order valence-corrected chi connectivity index (χ1v) is 3.83. The fourth-order valence-corrected chi connectivity index (χ4v) is 1.63. The van der Waals surface area contributed by atoms with Crippen molar-refractivity contribution in [2.24, 2.45) is 0 Å². The van der Waals surface area contributed by atoms with Crippen LogP contribution in [0.1, 0.15) is 0 Å². The van der Waals surface area contributed by atoms with Gasteiger partial charge < -0.3 is 19.3 Å². The molecule has 0 aromatic heterocycles. The van der Waals surface area contributed by atoms with Gasteiger partial charge in [0.05, 0.1) is 13.2 Å². The van der Waals surface area contributed by atoms with Gasteiger partial charge in [-0.05, 0) is 0 Å². The SMILES string of the molecule is O=CO[C@@H]1CO[C@H]2[C@@H]1OC[C@H]2O. The molecule has 2 rings (SSSR count). The highest BCUT2D eigenvalue weighted by molar-refractivity contribution is 5.37. The van der Waals surface area contributed by atoms with Gasteiger partial charge in [0.1, 0.15) is 18.3 Å². The highest BCUT2D eigenvalue weighted by Crippen LogP contribution is 2.28. The second-order valence-corrected chi connectivity index (χ2v) is 2.93. The van der Waals surface area contributed by atoms with E-state index in [2.05, 4.69) is 0 Å². The molecule has 0 aliphatic carbocycles. The summed E-state index contributed by atoms with van der Waals surface area (Å²) in [5.41, 5.74) is 0. The number of carbonyl (C=O) groups is 1. The van der Waals surface area contributed by atoms with E-state index in [0.717, 1.165) is 0 Å². The van der Waals surface area contributed by atoms with Crippen LogP contribution in [0.4, 0.5) is 0 Å². The minimum Gasteiger partial charge on any atom is -0.459 e. The van der Waals surface area contributed by atoms with Crippen molar-refractivity contribution in [3.63, 3.8) is 0 Å². The zero-order valence-corrected chi connectivity index (χ0v) is 6.38. The molecule has 0 aromatic carbocycles. The van der Waals surface area contributed by atoms with Gasteiger partial charge in [0.15, 0.2) is 6.10 Å². The Morgan fingerprint density at radius 1 is 1.33 bits per heavy atom. The van der Waals surface area contributed by atoms with Crippen LogP contribution in [0.3, 0.4) is 0 Å². The van der Waals surface area contributed by atoms with Gasteiger partial charge in [0.25, 0.3) is 6.47 Å². The van der Waals surface area contributed by atoms with E-state index >= 15 is 0 Å². The monoisotopic (exact) mass is 174 g/mol. The standard InChI is InChI=1S/C7H10O5/c8-3-12-5-2-11-6-4(9)1-10-7(5)6/h3-7,9H,1-2H2/t4-,5-,6-,7-/m1/s1. The van der Waals surface area contributed by atoms with Crippen LogP contribution >= 0.6 is 0 Å². The van der Waals surface area contributed by atoms with Crippen molar-refractivity contribution >= 4 is 6.47 Å². The van der Waals surface area contributed by atoms with Crippen molar-refractivity contribution in [1.29, 1.82) is 0 Å². The largest absolute Gasteiger partial charge is 0.459 e. The Kier molecular flexibility index (Phi) is 2.00. The second-order valence-electron chi connectivity index (χ2n) is 2.93. The molecule has 68 valence electrons. The van der Waals surface area contributed by atoms with Crippen molar-refractivity contribution in [3.8, 4) is 0 Å². The van der Waals surface area contributed by atoms with E-state index in [9.17, 15) is 9.90 Å². The van der Waals surface area contributed by atoms with E-state index in [1.165, 1.54) is 0 Å². The summed E-state index contributed by atoms with van der Waals surface area (Å²) in [5.74, 6) is 0. The first kappa shape index (κ1) is 7.97. The predicted octanol–water partition coefficient (Wildman–Crippen LogP) is -1.31. The normalized spacial score (nSPS) is 45.8. The summed E-state index contributed by atoms with van der Waals surface area (Å²) in [7, 11) is 0. The Labute approximate surface area is 69.2 Å². The third-order valence-corrected chi connectivity index (χ3v) is 2.21. The van der Waals surface area contributed by atoms with E-state index in [1.807, 2.05) is 0 Å².